The third-order valence-corrected chi connectivity index (χ3v) is 3.06. The molecule has 0 unspecified atom stereocenters. The molecule has 2 aromatic rings. The average molecular weight is 334 g/mol. The zero-order valence-corrected chi connectivity index (χ0v) is 12.9. The first-order valence-electron chi connectivity index (χ1n) is 7.14. The molecule has 0 saturated carbocycles. The minimum atomic E-state index is -3.04. The van der Waals surface area contributed by atoms with Crippen LogP contribution in [-0.2, 0) is 4.79 Å². The number of hydrogen-bond donors (Lipinski definition) is 2. The maximum Gasteiger partial charge on any atom is 0.387 e. The van der Waals surface area contributed by atoms with Gasteiger partial charge in [-0.05, 0) is 36.8 Å². The fourth-order valence-corrected chi connectivity index (χ4v) is 2.04. The number of rotatable bonds is 6. The number of amides is 2. The molecule has 0 fully saturated rings. The molecule has 2 amide bonds. The molecule has 24 heavy (non-hydrogen) atoms. The number of benzene rings is 2. The second kappa shape index (κ2) is 8.05. The molecule has 0 heterocycles. The summed E-state index contributed by atoms with van der Waals surface area (Å²) in [5, 5.41) is 5.00. The quantitative estimate of drug-likeness (QED) is 0.853. The summed E-state index contributed by atoms with van der Waals surface area (Å²) in [6.45, 7) is -1.45. The molecule has 0 aliphatic carbocycles. The number of nitrogens with one attached hydrogen (secondary N) is 2. The number of para-hydroxylation sites is 1. The fourth-order valence-electron chi connectivity index (χ4n) is 2.04. The van der Waals surface area contributed by atoms with Crippen molar-refractivity contribution >= 4 is 17.5 Å². The molecule has 0 radical (unpaired) electrons. The van der Waals surface area contributed by atoms with E-state index < -0.39 is 18.4 Å². The van der Waals surface area contributed by atoms with Crippen LogP contribution in [0.5, 0.6) is 5.75 Å². The molecule has 0 spiro atoms. The van der Waals surface area contributed by atoms with E-state index in [2.05, 4.69) is 15.4 Å². The van der Waals surface area contributed by atoms with Crippen LogP contribution < -0.4 is 15.4 Å². The highest BCUT2D eigenvalue weighted by Gasteiger charge is 2.15. The van der Waals surface area contributed by atoms with Gasteiger partial charge in [0.1, 0.15) is 5.75 Å². The Hall–Kier alpha value is -2.96. The Bertz CT molecular complexity index is 735. The Balaban J connectivity index is 1.94. The second-order valence-corrected chi connectivity index (χ2v) is 4.97. The highest BCUT2D eigenvalue weighted by molar-refractivity contribution is 6.00. The van der Waals surface area contributed by atoms with Gasteiger partial charge in [0, 0.05) is 5.69 Å². The molecule has 7 heteroatoms. The second-order valence-electron chi connectivity index (χ2n) is 4.97. The van der Waals surface area contributed by atoms with Crippen LogP contribution >= 0.6 is 0 Å². The number of halogens is 2. The average Bonchev–Trinajstić information content (AvgIpc) is 2.52. The number of hydrogen-bond acceptors (Lipinski definition) is 3. The predicted octanol–water partition coefficient (Wildman–Crippen LogP) is 2.96. The van der Waals surface area contributed by atoms with Crippen LogP contribution in [-0.4, -0.2) is 25.0 Å². The van der Waals surface area contributed by atoms with Gasteiger partial charge in [-0.2, -0.15) is 8.78 Å². The third-order valence-electron chi connectivity index (χ3n) is 3.06. The van der Waals surface area contributed by atoms with Gasteiger partial charge in [0.2, 0.25) is 5.91 Å². The van der Waals surface area contributed by atoms with Crippen LogP contribution in [0, 0.1) is 6.92 Å². The summed E-state index contributed by atoms with van der Waals surface area (Å²) in [5.74, 6) is -1.35. The maximum absolute atomic E-state index is 12.3. The Labute approximate surface area is 137 Å². The van der Waals surface area contributed by atoms with Gasteiger partial charge in [-0.1, -0.05) is 24.3 Å². The molecule has 0 aromatic heterocycles. The molecule has 0 bridgehead atoms. The van der Waals surface area contributed by atoms with Crippen LogP contribution in [0.1, 0.15) is 15.9 Å². The van der Waals surface area contributed by atoms with Crippen LogP contribution in [0.25, 0.3) is 0 Å². The molecular weight excluding hydrogens is 318 g/mol. The maximum atomic E-state index is 12.3. The third kappa shape index (κ3) is 5.05. The van der Waals surface area contributed by atoms with E-state index in [1.807, 2.05) is 13.0 Å². The lowest BCUT2D eigenvalue weighted by molar-refractivity contribution is -0.115. The molecule has 0 saturated heterocycles. The molecule has 2 aromatic carbocycles. The van der Waals surface area contributed by atoms with Gasteiger partial charge in [-0.25, -0.2) is 0 Å². The molecule has 0 atom stereocenters. The number of aryl methyl sites for hydroxylation is 1. The Morgan fingerprint density at radius 3 is 2.58 bits per heavy atom. The fraction of sp³-hybridized carbons (Fsp3) is 0.176. The first kappa shape index (κ1) is 17.4. The summed E-state index contributed by atoms with van der Waals surface area (Å²) in [5.41, 5.74) is 1.52. The van der Waals surface area contributed by atoms with E-state index in [-0.39, 0.29) is 17.9 Å². The lowest BCUT2D eigenvalue weighted by atomic mass is 10.2. The lowest BCUT2D eigenvalue weighted by Gasteiger charge is -2.11. The van der Waals surface area contributed by atoms with E-state index in [0.29, 0.717) is 5.69 Å². The van der Waals surface area contributed by atoms with Crippen molar-refractivity contribution in [2.75, 3.05) is 11.9 Å². The zero-order valence-electron chi connectivity index (χ0n) is 12.9. The Kier molecular flexibility index (Phi) is 5.83. The predicted molar refractivity (Wildman–Crippen MR) is 85.2 cm³/mol. The molecule has 2 rings (SSSR count). The Morgan fingerprint density at radius 1 is 1.12 bits per heavy atom. The standard InChI is InChI=1S/C17H16F2N2O3/c1-11-5-4-6-12(9-11)21-15(22)10-20-16(23)13-7-2-3-8-14(13)24-17(18)19/h2-9,17H,10H2,1H3,(H,20,23)(H,21,22). The van der Waals surface area contributed by atoms with Crippen molar-refractivity contribution in [3.8, 4) is 5.75 Å². The van der Waals surface area contributed by atoms with Gasteiger partial charge in [0.25, 0.3) is 5.91 Å². The first-order chi connectivity index (χ1) is 11.5. The van der Waals surface area contributed by atoms with E-state index in [0.717, 1.165) is 5.56 Å². The number of anilines is 1. The summed E-state index contributed by atoms with van der Waals surface area (Å²) >= 11 is 0. The number of ether oxygens (including phenoxy) is 1. The van der Waals surface area contributed by atoms with Crippen LogP contribution in [0.2, 0.25) is 0 Å². The monoisotopic (exact) mass is 334 g/mol. The molecule has 0 aliphatic heterocycles. The van der Waals surface area contributed by atoms with Crippen LogP contribution in [0.15, 0.2) is 48.5 Å². The van der Waals surface area contributed by atoms with Crippen molar-refractivity contribution in [1.82, 2.24) is 5.32 Å². The van der Waals surface area contributed by atoms with Gasteiger partial charge in [0.05, 0.1) is 12.1 Å². The van der Waals surface area contributed by atoms with Gasteiger partial charge in [-0.15, -0.1) is 0 Å². The number of carbonyl (C=O) groups is 2. The van der Waals surface area contributed by atoms with E-state index in [9.17, 15) is 18.4 Å². The smallest absolute Gasteiger partial charge is 0.387 e. The minimum absolute atomic E-state index is 0.0684. The van der Waals surface area contributed by atoms with Gasteiger partial charge in [-0.3, -0.25) is 9.59 Å². The minimum Gasteiger partial charge on any atom is -0.434 e. The van der Waals surface area contributed by atoms with Gasteiger partial charge >= 0.3 is 6.61 Å². The molecule has 5 nitrogen and oxygen atoms in total. The molecular formula is C17H16F2N2O3. The molecule has 126 valence electrons. The molecule has 0 aliphatic rings. The Morgan fingerprint density at radius 2 is 1.88 bits per heavy atom. The molecule has 2 N–H and O–H groups in total. The van der Waals surface area contributed by atoms with Gasteiger partial charge in [0.15, 0.2) is 0 Å². The first-order valence-corrected chi connectivity index (χ1v) is 7.14. The van der Waals surface area contributed by atoms with E-state index in [4.69, 9.17) is 0 Å². The highest BCUT2D eigenvalue weighted by atomic mass is 19.3. The topological polar surface area (TPSA) is 67.4 Å². The van der Waals surface area contributed by atoms with Crippen molar-refractivity contribution in [2.24, 2.45) is 0 Å². The van der Waals surface area contributed by atoms with Crippen molar-refractivity contribution < 1.29 is 23.1 Å². The van der Waals surface area contributed by atoms with E-state index in [1.165, 1.54) is 24.3 Å². The number of alkyl halides is 2. The summed E-state index contributed by atoms with van der Waals surface area (Å²) in [6.07, 6.45) is 0. The van der Waals surface area contributed by atoms with Crippen molar-refractivity contribution in [3.05, 3.63) is 59.7 Å². The van der Waals surface area contributed by atoms with Crippen LogP contribution in [0.4, 0.5) is 14.5 Å². The van der Waals surface area contributed by atoms with Crippen LogP contribution in [0.3, 0.4) is 0 Å². The summed E-state index contributed by atoms with van der Waals surface area (Å²) < 4.78 is 29.0. The lowest BCUT2D eigenvalue weighted by Crippen LogP contribution is -2.33. The summed E-state index contributed by atoms with van der Waals surface area (Å²) in [6, 6.07) is 12.8. The SMILES string of the molecule is Cc1cccc(NC(=O)CNC(=O)c2ccccc2OC(F)F)c1. The largest absolute Gasteiger partial charge is 0.434 e. The van der Waals surface area contributed by atoms with Crippen molar-refractivity contribution in [3.63, 3.8) is 0 Å². The normalized spacial score (nSPS) is 10.3. The van der Waals surface area contributed by atoms with E-state index >= 15 is 0 Å². The van der Waals surface area contributed by atoms with Gasteiger partial charge < -0.3 is 15.4 Å². The van der Waals surface area contributed by atoms with E-state index in [1.54, 1.807) is 18.2 Å². The summed E-state index contributed by atoms with van der Waals surface area (Å²) in [7, 11) is 0. The zero-order chi connectivity index (χ0) is 17.5. The highest BCUT2D eigenvalue weighted by Crippen LogP contribution is 2.20. The van der Waals surface area contributed by atoms with Crippen molar-refractivity contribution in [1.29, 1.82) is 0 Å². The van der Waals surface area contributed by atoms with Crippen molar-refractivity contribution in [2.45, 2.75) is 13.5 Å². The summed E-state index contributed by atoms with van der Waals surface area (Å²) in [4.78, 5) is 23.9. The number of carbonyl (C=O) groups excluding carboxylic acids is 2.